The number of carbonyl (C=O) groups is 1. The topological polar surface area (TPSA) is 68.4 Å². The van der Waals surface area contributed by atoms with Crippen LogP contribution < -0.4 is 10.9 Å². The van der Waals surface area contributed by atoms with E-state index in [1.165, 1.54) is 12.1 Å². The Morgan fingerprint density at radius 2 is 1.93 bits per heavy atom. The van der Waals surface area contributed by atoms with Gasteiger partial charge in [-0.3, -0.25) is 9.59 Å². The average Bonchev–Trinajstić information content (AvgIpc) is 3.14. The van der Waals surface area contributed by atoms with E-state index in [1.54, 1.807) is 51.7 Å². The second-order valence-electron chi connectivity index (χ2n) is 6.98. The quantitative estimate of drug-likeness (QED) is 0.594. The lowest BCUT2D eigenvalue weighted by Crippen LogP contribution is -2.30. The Balaban J connectivity index is 1.95. The molecule has 0 saturated heterocycles. The summed E-state index contributed by atoms with van der Waals surface area (Å²) in [6.07, 6.45) is 1.56. The molecule has 2 aromatic carbocycles. The van der Waals surface area contributed by atoms with Crippen molar-refractivity contribution in [2.75, 3.05) is 0 Å². The van der Waals surface area contributed by atoms with Crippen molar-refractivity contribution < 1.29 is 9.18 Å². The zero-order valence-corrected chi connectivity index (χ0v) is 15.5. The number of benzene rings is 2. The summed E-state index contributed by atoms with van der Waals surface area (Å²) in [5, 5.41) is 7.08. The molecule has 2 aromatic heterocycles. The van der Waals surface area contributed by atoms with Crippen molar-refractivity contribution in [3.63, 3.8) is 0 Å². The summed E-state index contributed by atoms with van der Waals surface area (Å²) in [5.74, 6) is -0.584. The van der Waals surface area contributed by atoms with Gasteiger partial charge in [-0.1, -0.05) is 12.1 Å². The molecule has 28 heavy (non-hydrogen) atoms. The van der Waals surface area contributed by atoms with Gasteiger partial charge in [0.25, 0.3) is 11.5 Å². The number of nitrogens with one attached hydrogen (secondary N) is 1. The van der Waals surface area contributed by atoms with Gasteiger partial charge in [-0.05, 0) is 55.8 Å². The standard InChI is InChI=1S/C21H19FN4O2/c1-13(2)24-20(27)15-6-7-17-19(11-15)25(12-14-4-3-5-16(22)10-14)21(28)18-8-9-23-26(17)18/h3-11,13H,12H2,1-2H3,(H,24,27). The molecule has 4 rings (SSSR count). The van der Waals surface area contributed by atoms with Crippen molar-refractivity contribution >= 4 is 22.5 Å². The van der Waals surface area contributed by atoms with Gasteiger partial charge in [0.05, 0.1) is 23.8 Å². The summed E-state index contributed by atoms with van der Waals surface area (Å²) in [7, 11) is 0. The van der Waals surface area contributed by atoms with Crippen LogP contribution in [0.4, 0.5) is 4.39 Å². The molecule has 0 radical (unpaired) electrons. The highest BCUT2D eigenvalue weighted by Gasteiger charge is 2.15. The van der Waals surface area contributed by atoms with Gasteiger partial charge in [0.15, 0.2) is 0 Å². The van der Waals surface area contributed by atoms with Gasteiger partial charge < -0.3 is 9.88 Å². The van der Waals surface area contributed by atoms with Gasteiger partial charge in [-0.25, -0.2) is 8.91 Å². The molecule has 0 atom stereocenters. The summed E-state index contributed by atoms with van der Waals surface area (Å²) in [6, 6.07) is 12.9. The van der Waals surface area contributed by atoms with Crippen LogP contribution in [0.1, 0.15) is 29.8 Å². The lowest BCUT2D eigenvalue weighted by atomic mass is 10.1. The molecule has 7 heteroatoms. The minimum Gasteiger partial charge on any atom is -0.350 e. The highest BCUT2D eigenvalue weighted by Crippen LogP contribution is 2.18. The summed E-state index contributed by atoms with van der Waals surface area (Å²) in [5.41, 5.74) is 2.52. The average molecular weight is 378 g/mol. The van der Waals surface area contributed by atoms with E-state index in [9.17, 15) is 14.0 Å². The van der Waals surface area contributed by atoms with E-state index in [0.717, 1.165) is 0 Å². The first kappa shape index (κ1) is 17.9. The van der Waals surface area contributed by atoms with Crippen molar-refractivity contribution in [3.8, 4) is 0 Å². The number of aromatic nitrogens is 3. The first-order valence-electron chi connectivity index (χ1n) is 8.99. The Labute approximate surface area is 160 Å². The maximum absolute atomic E-state index is 13.6. The molecule has 2 heterocycles. The Hall–Kier alpha value is -3.48. The third-order valence-corrected chi connectivity index (χ3v) is 4.51. The van der Waals surface area contributed by atoms with Crippen molar-refractivity contribution in [2.24, 2.45) is 0 Å². The van der Waals surface area contributed by atoms with Crippen LogP contribution >= 0.6 is 0 Å². The minimum absolute atomic E-state index is 0.00807. The van der Waals surface area contributed by atoms with Gasteiger partial charge in [0.2, 0.25) is 0 Å². The van der Waals surface area contributed by atoms with E-state index in [4.69, 9.17) is 0 Å². The normalized spacial score (nSPS) is 11.4. The summed E-state index contributed by atoms with van der Waals surface area (Å²) < 4.78 is 16.7. The third-order valence-electron chi connectivity index (χ3n) is 4.51. The molecule has 0 spiro atoms. The van der Waals surface area contributed by atoms with Crippen LogP contribution in [0.3, 0.4) is 0 Å². The van der Waals surface area contributed by atoms with Crippen molar-refractivity contribution in [1.29, 1.82) is 0 Å². The van der Waals surface area contributed by atoms with E-state index < -0.39 is 0 Å². The molecular weight excluding hydrogens is 359 g/mol. The van der Waals surface area contributed by atoms with Crippen LogP contribution in [0, 0.1) is 5.82 Å². The Bertz CT molecular complexity index is 1260. The second kappa shape index (κ2) is 6.92. The number of hydrogen-bond donors (Lipinski definition) is 1. The fourth-order valence-corrected chi connectivity index (χ4v) is 3.29. The number of halogens is 1. The Morgan fingerprint density at radius 3 is 2.68 bits per heavy atom. The lowest BCUT2D eigenvalue weighted by molar-refractivity contribution is 0.0943. The van der Waals surface area contributed by atoms with E-state index in [1.807, 2.05) is 13.8 Å². The van der Waals surface area contributed by atoms with Crippen LogP contribution in [0.15, 0.2) is 59.5 Å². The molecule has 6 nitrogen and oxygen atoms in total. The van der Waals surface area contributed by atoms with Crippen molar-refractivity contribution in [2.45, 2.75) is 26.4 Å². The molecule has 4 aromatic rings. The fourth-order valence-electron chi connectivity index (χ4n) is 3.29. The highest BCUT2D eigenvalue weighted by molar-refractivity contribution is 5.97. The van der Waals surface area contributed by atoms with Crippen molar-refractivity contribution in [3.05, 3.63) is 82.0 Å². The van der Waals surface area contributed by atoms with Crippen LogP contribution in [0.25, 0.3) is 16.6 Å². The SMILES string of the molecule is CC(C)NC(=O)c1ccc2c(c1)n(Cc1cccc(F)c1)c(=O)c1ccnn12. The van der Waals surface area contributed by atoms with E-state index in [0.29, 0.717) is 27.7 Å². The van der Waals surface area contributed by atoms with Crippen LogP contribution in [0.2, 0.25) is 0 Å². The van der Waals surface area contributed by atoms with Gasteiger partial charge >= 0.3 is 0 Å². The fraction of sp³-hybridized carbons (Fsp3) is 0.190. The molecule has 0 fully saturated rings. The van der Waals surface area contributed by atoms with Gasteiger partial charge in [-0.15, -0.1) is 0 Å². The van der Waals surface area contributed by atoms with E-state index in [2.05, 4.69) is 10.4 Å². The summed E-state index contributed by atoms with van der Waals surface area (Å²) in [6.45, 7) is 3.95. The number of amides is 1. The monoisotopic (exact) mass is 378 g/mol. The molecule has 0 saturated carbocycles. The molecule has 1 N–H and O–H groups in total. The Morgan fingerprint density at radius 1 is 1.11 bits per heavy atom. The van der Waals surface area contributed by atoms with Crippen LogP contribution in [-0.2, 0) is 6.54 Å². The summed E-state index contributed by atoms with van der Waals surface area (Å²) in [4.78, 5) is 25.5. The largest absolute Gasteiger partial charge is 0.350 e. The predicted molar refractivity (Wildman–Crippen MR) is 105 cm³/mol. The molecular formula is C21H19FN4O2. The highest BCUT2D eigenvalue weighted by atomic mass is 19.1. The Kier molecular flexibility index (Phi) is 4.43. The maximum atomic E-state index is 13.6. The number of nitrogens with zero attached hydrogens (tertiary/aromatic N) is 3. The van der Waals surface area contributed by atoms with Crippen molar-refractivity contribution in [1.82, 2.24) is 19.5 Å². The number of carbonyl (C=O) groups excluding carboxylic acids is 1. The van der Waals surface area contributed by atoms with E-state index in [-0.39, 0.29) is 29.9 Å². The number of fused-ring (bicyclic) bond motifs is 3. The molecule has 0 unspecified atom stereocenters. The maximum Gasteiger partial charge on any atom is 0.277 e. The zero-order chi connectivity index (χ0) is 19.8. The molecule has 0 aliphatic rings. The predicted octanol–water partition coefficient (Wildman–Crippen LogP) is 2.97. The van der Waals surface area contributed by atoms with E-state index >= 15 is 0 Å². The lowest BCUT2D eigenvalue weighted by Gasteiger charge is -2.14. The zero-order valence-electron chi connectivity index (χ0n) is 15.5. The molecule has 0 bridgehead atoms. The van der Waals surface area contributed by atoms with Gasteiger partial charge in [0, 0.05) is 11.6 Å². The number of hydrogen-bond acceptors (Lipinski definition) is 3. The molecule has 142 valence electrons. The van der Waals surface area contributed by atoms with Gasteiger partial charge in [0.1, 0.15) is 11.3 Å². The first-order chi connectivity index (χ1) is 13.4. The van der Waals surface area contributed by atoms with Crippen LogP contribution in [0.5, 0.6) is 0 Å². The smallest absolute Gasteiger partial charge is 0.277 e. The number of rotatable bonds is 4. The molecule has 0 aliphatic heterocycles. The summed E-state index contributed by atoms with van der Waals surface area (Å²) >= 11 is 0. The van der Waals surface area contributed by atoms with Crippen LogP contribution in [-0.4, -0.2) is 26.1 Å². The molecule has 0 aliphatic carbocycles. The molecule has 1 amide bonds. The first-order valence-corrected chi connectivity index (χ1v) is 8.99. The third kappa shape index (κ3) is 3.15. The second-order valence-corrected chi connectivity index (χ2v) is 6.98. The van der Waals surface area contributed by atoms with Gasteiger partial charge in [-0.2, -0.15) is 5.10 Å². The minimum atomic E-state index is -0.364.